The molecule has 1 heterocycles. The Morgan fingerprint density at radius 2 is 2.24 bits per heavy atom. The number of hydrogen-bond acceptors (Lipinski definition) is 3. The number of aliphatic hydroxyl groups excluding tert-OH is 1. The standard InChI is InChI=1S/C13H24N2O2/c1-14(10-11-4-2-5-12(11)16)8-9-15-7-3-6-13(15)17/h11-12,16H,2-10H2,1H3. The molecule has 1 aliphatic heterocycles. The van der Waals surface area contributed by atoms with E-state index in [0.717, 1.165) is 58.3 Å². The number of carbonyl (C=O) groups is 1. The fourth-order valence-corrected chi connectivity index (χ4v) is 2.95. The van der Waals surface area contributed by atoms with E-state index in [4.69, 9.17) is 0 Å². The van der Waals surface area contributed by atoms with Gasteiger partial charge in [-0.3, -0.25) is 4.79 Å². The van der Waals surface area contributed by atoms with Crippen molar-refractivity contribution < 1.29 is 9.90 Å². The Kier molecular flexibility index (Phi) is 4.40. The van der Waals surface area contributed by atoms with E-state index in [-0.39, 0.29) is 6.10 Å². The molecule has 1 amide bonds. The summed E-state index contributed by atoms with van der Waals surface area (Å²) in [4.78, 5) is 15.7. The molecule has 1 saturated heterocycles. The van der Waals surface area contributed by atoms with E-state index in [1.807, 2.05) is 4.90 Å². The summed E-state index contributed by atoms with van der Waals surface area (Å²) in [6, 6.07) is 0. The van der Waals surface area contributed by atoms with Gasteiger partial charge in [-0.05, 0) is 32.2 Å². The molecular weight excluding hydrogens is 216 g/mol. The van der Waals surface area contributed by atoms with Crippen molar-refractivity contribution >= 4 is 5.91 Å². The minimum atomic E-state index is -0.106. The molecule has 0 aromatic carbocycles. The van der Waals surface area contributed by atoms with Gasteiger partial charge in [-0.15, -0.1) is 0 Å². The van der Waals surface area contributed by atoms with Gasteiger partial charge >= 0.3 is 0 Å². The van der Waals surface area contributed by atoms with Gasteiger partial charge in [0.1, 0.15) is 0 Å². The van der Waals surface area contributed by atoms with E-state index in [1.54, 1.807) is 0 Å². The van der Waals surface area contributed by atoms with Crippen LogP contribution in [0.3, 0.4) is 0 Å². The second-order valence-corrected chi connectivity index (χ2v) is 5.50. The fraction of sp³-hybridized carbons (Fsp3) is 0.923. The van der Waals surface area contributed by atoms with Gasteiger partial charge in [0.15, 0.2) is 0 Å². The van der Waals surface area contributed by atoms with E-state index in [9.17, 15) is 9.90 Å². The number of likely N-dealkylation sites (tertiary alicyclic amines) is 1. The Morgan fingerprint density at radius 3 is 2.82 bits per heavy atom. The average Bonchev–Trinajstić information content (AvgIpc) is 2.86. The van der Waals surface area contributed by atoms with Crippen LogP contribution in [-0.2, 0) is 4.79 Å². The molecule has 0 spiro atoms. The lowest BCUT2D eigenvalue weighted by molar-refractivity contribution is -0.127. The second kappa shape index (κ2) is 5.83. The van der Waals surface area contributed by atoms with Crippen LogP contribution in [-0.4, -0.2) is 60.1 Å². The quantitative estimate of drug-likeness (QED) is 0.769. The fourth-order valence-electron chi connectivity index (χ4n) is 2.95. The second-order valence-electron chi connectivity index (χ2n) is 5.50. The first-order valence-electron chi connectivity index (χ1n) is 6.81. The third-order valence-electron chi connectivity index (χ3n) is 4.09. The van der Waals surface area contributed by atoms with Crippen LogP contribution < -0.4 is 0 Å². The molecule has 4 heteroatoms. The lowest BCUT2D eigenvalue weighted by Gasteiger charge is -2.25. The van der Waals surface area contributed by atoms with Gasteiger partial charge in [0.25, 0.3) is 0 Å². The minimum Gasteiger partial charge on any atom is -0.393 e. The number of aliphatic hydroxyl groups is 1. The highest BCUT2D eigenvalue weighted by Gasteiger charge is 2.26. The van der Waals surface area contributed by atoms with Crippen LogP contribution in [0.1, 0.15) is 32.1 Å². The summed E-state index contributed by atoms with van der Waals surface area (Å²) >= 11 is 0. The molecule has 2 fully saturated rings. The Hall–Kier alpha value is -0.610. The Labute approximate surface area is 104 Å². The largest absolute Gasteiger partial charge is 0.393 e. The van der Waals surface area contributed by atoms with Crippen molar-refractivity contribution in [1.82, 2.24) is 9.80 Å². The molecule has 4 nitrogen and oxygen atoms in total. The first-order chi connectivity index (χ1) is 8.16. The van der Waals surface area contributed by atoms with Crippen molar-refractivity contribution in [1.29, 1.82) is 0 Å². The third-order valence-corrected chi connectivity index (χ3v) is 4.09. The van der Waals surface area contributed by atoms with E-state index in [0.29, 0.717) is 11.8 Å². The smallest absolute Gasteiger partial charge is 0.222 e. The maximum atomic E-state index is 11.5. The maximum absolute atomic E-state index is 11.5. The number of likely N-dealkylation sites (N-methyl/N-ethyl adjacent to an activating group) is 1. The van der Waals surface area contributed by atoms with Gasteiger partial charge in [-0.2, -0.15) is 0 Å². The van der Waals surface area contributed by atoms with Crippen LogP contribution in [0.25, 0.3) is 0 Å². The highest BCUT2D eigenvalue weighted by Crippen LogP contribution is 2.25. The summed E-state index contributed by atoms with van der Waals surface area (Å²) < 4.78 is 0. The predicted molar refractivity (Wildman–Crippen MR) is 66.7 cm³/mol. The number of carbonyl (C=O) groups excluding carboxylic acids is 1. The highest BCUT2D eigenvalue weighted by atomic mass is 16.3. The molecule has 98 valence electrons. The van der Waals surface area contributed by atoms with E-state index in [2.05, 4.69) is 11.9 Å². The first-order valence-corrected chi connectivity index (χ1v) is 6.81. The molecule has 2 atom stereocenters. The maximum Gasteiger partial charge on any atom is 0.222 e. The normalized spacial score (nSPS) is 29.6. The van der Waals surface area contributed by atoms with Crippen LogP contribution in [0.2, 0.25) is 0 Å². The molecule has 1 N–H and O–H groups in total. The zero-order valence-corrected chi connectivity index (χ0v) is 10.8. The van der Waals surface area contributed by atoms with Gasteiger partial charge in [-0.25, -0.2) is 0 Å². The molecule has 1 aliphatic carbocycles. The van der Waals surface area contributed by atoms with Crippen LogP contribution in [0.4, 0.5) is 0 Å². The summed E-state index contributed by atoms with van der Waals surface area (Å²) in [6.45, 7) is 3.66. The lowest BCUT2D eigenvalue weighted by atomic mass is 10.1. The van der Waals surface area contributed by atoms with Gasteiger partial charge in [0.05, 0.1) is 6.10 Å². The summed E-state index contributed by atoms with van der Waals surface area (Å²) in [7, 11) is 2.09. The minimum absolute atomic E-state index is 0.106. The number of amides is 1. The molecule has 17 heavy (non-hydrogen) atoms. The average molecular weight is 240 g/mol. The van der Waals surface area contributed by atoms with Crippen LogP contribution in [0, 0.1) is 5.92 Å². The van der Waals surface area contributed by atoms with Gasteiger partial charge in [0.2, 0.25) is 5.91 Å². The van der Waals surface area contributed by atoms with Crippen molar-refractivity contribution in [3.05, 3.63) is 0 Å². The number of rotatable bonds is 5. The molecule has 1 saturated carbocycles. The number of nitrogens with zero attached hydrogens (tertiary/aromatic N) is 2. The molecular formula is C13H24N2O2. The molecule has 2 aliphatic rings. The zero-order chi connectivity index (χ0) is 12.3. The summed E-state index contributed by atoms with van der Waals surface area (Å²) in [5.41, 5.74) is 0. The number of hydrogen-bond donors (Lipinski definition) is 1. The van der Waals surface area contributed by atoms with Crippen molar-refractivity contribution in [3.8, 4) is 0 Å². The summed E-state index contributed by atoms with van der Waals surface area (Å²) in [6.07, 6.45) is 4.90. The molecule has 2 rings (SSSR count). The van der Waals surface area contributed by atoms with E-state index < -0.39 is 0 Å². The van der Waals surface area contributed by atoms with Gasteiger partial charge in [-0.1, -0.05) is 6.42 Å². The van der Waals surface area contributed by atoms with Crippen LogP contribution in [0.15, 0.2) is 0 Å². The molecule has 0 bridgehead atoms. The monoisotopic (exact) mass is 240 g/mol. The summed E-state index contributed by atoms with van der Waals surface area (Å²) in [5, 5.41) is 9.77. The van der Waals surface area contributed by atoms with Gasteiger partial charge < -0.3 is 14.9 Å². The van der Waals surface area contributed by atoms with Crippen molar-refractivity contribution in [2.45, 2.75) is 38.2 Å². The van der Waals surface area contributed by atoms with Crippen molar-refractivity contribution in [3.63, 3.8) is 0 Å². The Balaban J connectivity index is 1.66. The molecule has 0 radical (unpaired) electrons. The molecule has 0 aromatic rings. The highest BCUT2D eigenvalue weighted by molar-refractivity contribution is 5.78. The van der Waals surface area contributed by atoms with E-state index >= 15 is 0 Å². The van der Waals surface area contributed by atoms with Crippen molar-refractivity contribution in [2.24, 2.45) is 5.92 Å². The van der Waals surface area contributed by atoms with Gasteiger partial charge in [0, 0.05) is 32.6 Å². The molecule has 0 aromatic heterocycles. The SMILES string of the molecule is CN(CCN1CCCC1=O)CC1CCCC1O. The Bertz CT molecular complexity index is 270. The Morgan fingerprint density at radius 1 is 1.41 bits per heavy atom. The van der Waals surface area contributed by atoms with Crippen LogP contribution >= 0.6 is 0 Å². The predicted octanol–water partition coefficient (Wildman–Crippen LogP) is 0.702. The first kappa shape index (κ1) is 12.8. The zero-order valence-electron chi connectivity index (χ0n) is 10.8. The summed E-state index contributed by atoms with van der Waals surface area (Å²) in [5.74, 6) is 0.744. The van der Waals surface area contributed by atoms with E-state index in [1.165, 1.54) is 0 Å². The lowest BCUT2D eigenvalue weighted by Crippen LogP contribution is -2.37. The molecule has 2 unspecified atom stereocenters. The third kappa shape index (κ3) is 3.42. The van der Waals surface area contributed by atoms with Crippen molar-refractivity contribution in [2.75, 3.05) is 33.2 Å². The topological polar surface area (TPSA) is 43.8 Å². The van der Waals surface area contributed by atoms with Crippen LogP contribution in [0.5, 0.6) is 0 Å².